The van der Waals surface area contributed by atoms with Gasteiger partial charge in [0.25, 0.3) is 0 Å². The molecule has 2 amide bonds. The third kappa shape index (κ3) is 20.4. The second-order valence-corrected chi connectivity index (χ2v) is 15.4. The fraction of sp³-hybridized carbons (Fsp3) is 0.806. The van der Waals surface area contributed by atoms with E-state index in [1.165, 1.54) is 0 Å². The molecule has 2 atom stereocenters. The Labute approximate surface area is 260 Å². The Bertz CT molecular complexity index is 872. The molecule has 2 unspecified atom stereocenters. The van der Waals surface area contributed by atoms with Crippen molar-refractivity contribution in [3.63, 3.8) is 0 Å². The van der Waals surface area contributed by atoms with Gasteiger partial charge >= 0.3 is 15.2 Å². The molecule has 0 aliphatic carbocycles. The van der Waals surface area contributed by atoms with Crippen LogP contribution in [0.5, 0.6) is 0 Å². The van der Waals surface area contributed by atoms with Crippen LogP contribution in [0.15, 0.2) is 24.3 Å². The van der Waals surface area contributed by atoms with Crippen LogP contribution >= 0.6 is 15.2 Å². The summed E-state index contributed by atoms with van der Waals surface area (Å²) in [5, 5.41) is 0. The first-order chi connectivity index (χ1) is 20.0. The Kier molecular flexibility index (Phi) is 21.6. The first-order valence-corrected chi connectivity index (χ1v) is 19.7. The van der Waals surface area contributed by atoms with E-state index in [0.29, 0.717) is 56.3 Å². The molecule has 0 aromatic heterocycles. The molecule has 0 rings (SSSR count). The van der Waals surface area contributed by atoms with Gasteiger partial charge in [-0.25, -0.2) is 0 Å². The number of carbonyl (C=O) groups is 2. The van der Waals surface area contributed by atoms with Gasteiger partial charge in [-0.15, -0.1) is 0 Å². The summed E-state index contributed by atoms with van der Waals surface area (Å²) in [5.41, 5.74) is 0.610. The quantitative estimate of drug-likeness (QED) is 0.0454. The van der Waals surface area contributed by atoms with Crippen molar-refractivity contribution in [2.24, 2.45) is 0 Å². The number of rotatable bonds is 26. The minimum Gasteiger partial charge on any atom is -0.335 e. The zero-order chi connectivity index (χ0) is 33.1. The summed E-state index contributed by atoms with van der Waals surface area (Å²) in [6.45, 7) is 15.5. The van der Waals surface area contributed by atoms with Crippen LogP contribution in [0.1, 0.15) is 124 Å². The molecule has 0 fully saturated rings. The molecule has 0 spiro atoms. The molecule has 0 aromatic carbocycles. The molecule has 252 valence electrons. The zero-order valence-corrected chi connectivity index (χ0v) is 29.0. The van der Waals surface area contributed by atoms with Gasteiger partial charge in [-0.3, -0.25) is 18.7 Å². The van der Waals surface area contributed by atoms with E-state index in [1.807, 2.05) is 0 Å². The second kappa shape index (κ2) is 22.3. The van der Waals surface area contributed by atoms with Crippen molar-refractivity contribution in [3.8, 4) is 0 Å². The van der Waals surface area contributed by atoms with Crippen LogP contribution in [0.25, 0.3) is 0 Å². The van der Waals surface area contributed by atoms with E-state index in [1.54, 1.807) is 23.6 Å². The van der Waals surface area contributed by atoms with Crippen LogP contribution in [-0.2, 0) is 18.7 Å². The van der Waals surface area contributed by atoms with Crippen LogP contribution in [0.3, 0.4) is 0 Å². The number of carbonyl (C=O) groups excluding carboxylic acids is 2. The van der Waals surface area contributed by atoms with Gasteiger partial charge < -0.3 is 29.4 Å². The second-order valence-electron chi connectivity index (χ2n) is 12.0. The maximum absolute atomic E-state index is 13.1. The summed E-state index contributed by atoms with van der Waals surface area (Å²) in [4.78, 5) is 68.2. The molecule has 0 radical (unpaired) electrons. The van der Waals surface area contributed by atoms with Gasteiger partial charge in [-0.2, -0.15) is 0 Å². The number of hydrogen-bond donors (Lipinski definition) is 4. The Morgan fingerprint density at radius 2 is 0.884 bits per heavy atom. The highest BCUT2D eigenvalue weighted by molar-refractivity contribution is 7.52. The summed E-state index contributed by atoms with van der Waals surface area (Å²) in [6, 6.07) is -1.21. The third-order valence-electron chi connectivity index (χ3n) is 7.61. The van der Waals surface area contributed by atoms with Gasteiger partial charge in [-0.1, -0.05) is 91.2 Å². The van der Waals surface area contributed by atoms with E-state index in [0.717, 1.165) is 64.2 Å². The van der Waals surface area contributed by atoms with Crippen LogP contribution in [0, 0.1) is 0 Å². The predicted molar refractivity (Wildman–Crippen MR) is 175 cm³/mol. The maximum Gasteiger partial charge on any atom is 0.327 e. The lowest BCUT2D eigenvalue weighted by molar-refractivity contribution is -0.129. The Morgan fingerprint density at radius 1 is 0.581 bits per heavy atom. The molecule has 0 saturated heterocycles. The summed E-state index contributed by atoms with van der Waals surface area (Å²) in [6.07, 6.45) is 11.7. The minimum absolute atomic E-state index is 0.295. The number of unbranched alkanes of at least 4 members (excludes halogenated alkanes) is 10. The molecule has 0 heterocycles. The third-order valence-corrected chi connectivity index (χ3v) is 9.40. The summed E-state index contributed by atoms with van der Waals surface area (Å²) in [7, 11) is -8.74. The van der Waals surface area contributed by atoms with E-state index in [-0.39, 0.29) is 11.8 Å². The maximum atomic E-state index is 13.1. The standard InChI is InChI=1S/C31H60N2O8P2/c1-7-9-11-13-16-20-28(24-42(36,37)38)32(30(34)26(3)4)22-18-15-19-23-33(31(35)27(5)6)29(25-43(39,40)41)21-17-14-12-10-8-2/h28-29H,3,5,7-25H2,1-2,4,6H3,(H2,36,37,38)(H2,39,40,41). The fourth-order valence-electron chi connectivity index (χ4n) is 5.34. The number of hydrogen-bond acceptors (Lipinski definition) is 4. The molecule has 10 nitrogen and oxygen atoms in total. The van der Waals surface area contributed by atoms with Crippen molar-refractivity contribution in [2.45, 2.75) is 136 Å². The summed E-state index contributed by atoms with van der Waals surface area (Å²) >= 11 is 0. The van der Waals surface area contributed by atoms with E-state index in [4.69, 9.17) is 0 Å². The molecule has 12 heteroatoms. The van der Waals surface area contributed by atoms with E-state index in [9.17, 15) is 38.3 Å². The molecule has 0 saturated carbocycles. The van der Waals surface area contributed by atoms with Gasteiger partial charge in [0.2, 0.25) is 11.8 Å². The van der Waals surface area contributed by atoms with E-state index in [2.05, 4.69) is 27.0 Å². The lowest BCUT2D eigenvalue weighted by atomic mass is 10.0. The first kappa shape index (κ1) is 41.7. The lowest BCUT2D eigenvalue weighted by Crippen LogP contribution is -2.44. The molecule has 0 aliphatic heterocycles. The van der Waals surface area contributed by atoms with Gasteiger partial charge in [0.15, 0.2) is 0 Å². The van der Waals surface area contributed by atoms with Gasteiger partial charge in [0, 0.05) is 36.3 Å². The van der Waals surface area contributed by atoms with Crippen LogP contribution in [0.2, 0.25) is 0 Å². The minimum atomic E-state index is -4.37. The Hall–Kier alpha value is -1.28. The summed E-state index contributed by atoms with van der Waals surface area (Å²) < 4.78 is 23.9. The lowest BCUT2D eigenvalue weighted by Gasteiger charge is -2.34. The van der Waals surface area contributed by atoms with Gasteiger partial charge in [-0.05, 0) is 46.0 Å². The van der Waals surface area contributed by atoms with Crippen molar-refractivity contribution < 1.29 is 38.3 Å². The van der Waals surface area contributed by atoms with Crippen molar-refractivity contribution in [1.82, 2.24) is 9.80 Å². The Morgan fingerprint density at radius 3 is 1.16 bits per heavy atom. The average Bonchev–Trinajstić information content (AvgIpc) is 2.89. The zero-order valence-electron chi connectivity index (χ0n) is 27.2. The molecular formula is C31H60N2O8P2. The summed E-state index contributed by atoms with van der Waals surface area (Å²) in [5.74, 6) is -0.647. The van der Waals surface area contributed by atoms with E-state index < -0.39 is 39.6 Å². The molecule has 4 N–H and O–H groups in total. The SMILES string of the molecule is C=C(C)C(=O)N(CCCCCN(C(=O)C(=C)C)C(CCCCCCC)CP(=O)(O)O)C(CCCCCCC)CP(=O)(O)O. The highest BCUT2D eigenvalue weighted by Crippen LogP contribution is 2.39. The van der Waals surface area contributed by atoms with Crippen molar-refractivity contribution in [1.29, 1.82) is 0 Å². The largest absolute Gasteiger partial charge is 0.335 e. The fourth-order valence-corrected chi connectivity index (χ4v) is 7.20. The van der Waals surface area contributed by atoms with Crippen LogP contribution in [0.4, 0.5) is 0 Å². The Balaban J connectivity index is 5.54. The van der Waals surface area contributed by atoms with Crippen LogP contribution in [-0.4, -0.2) is 78.7 Å². The molecular weight excluding hydrogens is 590 g/mol. The van der Waals surface area contributed by atoms with Crippen molar-refractivity contribution >= 4 is 27.0 Å². The van der Waals surface area contributed by atoms with Gasteiger partial charge in [0.1, 0.15) is 0 Å². The van der Waals surface area contributed by atoms with E-state index >= 15 is 0 Å². The topological polar surface area (TPSA) is 156 Å². The molecule has 0 aromatic rings. The average molecular weight is 651 g/mol. The smallest absolute Gasteiger partial charge is 0.327 e. The number of amides is 2. The molecule has 0 aliphatic rings. The highest BCUT2D eigenvalue weighted by atomic mass is 31.2. The van der Waals surface area contributed by atoms with Crippen molar-refractivity contribution in [2.75, 3.05) is 25.4 Å². The monoisotopic (exact) mass is 650 g/mol. The molecule has 0 bridgehead atoms. The first-order valence-electron chi connectivity index (χ1n) is 16.1. The highest BCUT2D eigenvalue weighted by Gasteiger charge is 2.31. The molecule has 43 heavy (non-hydrogen) atoms. The van der Waals surface area contributed by atoms with Crippen LogP contribution < -0.4 is 0 Å². The predicted octanol–water partition coefficient (Wildman–Crippen LogP) is 6.78. The van der Waals surface area contributed by atoms with Crippen molar-refractivity contribution in [3.05, 3.63) is 24.3 Å². The number of nitrogens with zero attached hydrogens (tertiary/aromatic N) is 2. The van der Waals surface area contributed by atoms with Gasteiger partial charge in [0.05, 0.1) is 12.3 Å². The normalized spacial score (nSPS) is 13.4.